The van der Waals surface area contributed by atoms with E-state index in [9.17, 15) is 0 Å². The lowest BCUT2D eigenvalue weighted by Gasteiger charge is -2.02. The van der Waals surface area contributed by atoms with Gasteiger partial charge in [0.2, 0.25) is 5.88 Å². The van der Waals surface area contributed by atoms with Crippen molar-refractivity contribution in [2.45, 2.75) is 0 Å². The van der Waals surface area contributed by atoms with Gasteiger partial charge in [0.15, 0.2) is 5.65 Å². The highest BCUT2D eigenvalue weighted by Crippen LogP contribution is 2.27. The average molecular weight is 276 g/mol. The Bertz CT molecular complexity index is 940. The topological polar surface area (TPSA) is 63.7 Å². The summed E-state index contributed by atoms with van der Waals surface area (Å²) in [4.78, 5) is 16.6. The summed E-state index contributed by atoms with van der Waals surface area (Å²) >= 11 is 0. The quantitative estimate of drug-likeness (QED) is 0.610. The van der Waals surface area contributed by atoms with Crippen LogP contribution in [0, 0.1) is 0 Å². The molecule has 0 aliphatic heterocycles. The predicted octanol–water partition coefficient (Wildman–Crippen LogP) is 3.18. The molecule has 5 nitrogen and oxygen atoms in total. The molecule has 4 rings (SSSR count). The zero-order valence-corrected chi connectivity index (χ0v) is 11.4. The third kappa shape index (κ3) is 1.90. The second kappa shape index (κ2) is 4.56. The molecule has 0 saturated heterocycles. The van der Waals surface area contributed by atoms with E-state index in [1.165, 1.54) is 0 Å². The Morgan fingerprint density at radius 3 is 2.81 bits per heavy atom. The van der Waals surface area contributed by atoms with Gasteiger partial charge in [0.25, 0.3) is 0 Å². The van der Waals surface area contributed by atoms with E-state index in [2.05, 4.69) is 19.9 Å². The summed E-state index contributed by atoms with van der Waals surface area (Å²) in [5.74, 6) is 1.34. The third-order valence-electron chi connectivity index (χ3n) is 3.43. The molecule has 0 radical (unpaired) electrons. The van der Waals surface area contributed by atoms with Crippen molar-refractivity contribution < 1.29 is 4.74 Å². The number of fused-ring (bicyclic) bond motifs is 2. The minimum atomic E-state index is 0.556. The maximum absolute atomic E-state index is 5.13. The lowest BCUT2D eigenvalue weighted by Crippen LogP contribution is -1.87. The molecule has 0 amide bonds. The van der Waals surface area contributed by atoms with E-state index in [0.717, 1.165) is 27.8 Å². The molecule has 4 aromatic rings. The minimum Gasteiger partial charge on any atom is -0.481 e. The van der Waals surface area contributed by atoms with Gasteiger partial charge in [0.1, 0.15) is 5.82 Å². The van der Waals surface area contributed by atoms with Gasteiger partial charge in [-0.25, -0.2) is 4.98 Å². The standard InChI is InChI=1S/C16H12N4O/c1-21-14-7-6-13-16(19-14)20-15(18-13)11-8-9-17-12-5-3-2-4-10(11)12/h2-9H,1H3,(H,18,19,20). The summed E-state index contributed by atoms with van der Waals surface area (Å²) in [5, 5.41) is 1.06. The van der Waals surface area contributed by atoms with Crippen molar-refractivity contribution in [1.82, 2.24) is 19.9 Å². The fraction of sp³-hybridized carbons (Fsp3) is 0.0625. The van der Waals surface area contributed by atoms with Crippen molar-refractivity contribution in [3.63, 3.8) is 0 Å². The average Bonchev–Trinajstić information content (AvgIpc) is 2.97. The van der Waals surface area contributed by atoms with E-state index in [1.54, 1.807) is 13.3 Å². The lowest BCUT2D eigenvalue weighted by atomic mass is 10.1. The van der Waals surface area contributed by atoms with E-state index in [-0.39, 0.29) is 0 Å². The summed E-state index contributed by atoms with van der Waals surface area (Å²) in [6, 6.07) is 13.7. The van der Waals surface area contributed by atoms with Crippen molar-refractivity contribution in [2.24, 2.45) is 0 Å². The van der Waals surface area contributed by atoms with Crippen LogP contribution in [0.4, 0.5) is 0 Å². The molecule has 0 aliphatic rings. The molecule has 0 atom stereocenters. The summed E-state index contributed by atoms with van der Waals surface area (Å²) < 4.78 is 5.13. The van der Waals surface area contributed by atoms with Gasteiger partial charge >= 0.3 is 0 Å². The van der Waals surface area contributed by atoms with Crippen LogP contribution in [0.5, 0.6) is 5.88 Å². The molecule has 1 N–H and O–H groups in total. The van der Waals surface area contributed by atoms with Gasteiger partial charge in [-0.15, -0.1) is 0 Å². The maximum Gasteiger partial charge on any atom is 0.215 e. The number of ether oxygens (including phenoxy) is 1. The normalized spacial score (nSPS) is 11.1. The van der Waals surface area contributed by atoms with Crippen LogP contribution in [0.2, 0.25) is 0 Å². The van der Waals surface area contributed by atoms with Crippen molar-refractivity contribution in [1.29, 1.82) is 0 Å². The van der Waals surface area contributed by atoms with Crippen molar-refractivity contribution >= 4 is 22.1 Å². The maximum atomic E-state index is 5.13. The molecule has 5 heteroatoms. The first-order chi connectivity index (χ1) is 10.3. The number of hydrogen-bond donors (Lipinski definition) is 1. The van der Waals surface area contributed by atoms with Crippen LogP contribution >= 0.6 is 0 Å². The van der Waals surface area contributed by atoms with Crippen LogP contribution in [0.25, 0.3) is 33.5 Å². The zero-order valence-electron chi connectivity index (χ0n) is 11.4. The summed E-state index contributed by atoms with van der Waals surface area (Å²) in [6.07, 6.45) is 1.79. The van der Waals surface area contributed by atoms with Crippen LogP contribution in [0.1, 0.15) is 0 Å². The molecule has 0 spiro atoms. The Morgan fingerprint density at radius 2 is 1.90 bits per heavy atom. The van der Waals surface area contributed by atoms with Gasteiger partial charge in [-0.2, -0.15) is 4.98 Å². The van der Waals surface area contributed by atoms with Crippen molar-refractivity contribution in [2.75, 3.05) is 7.11 Å². The Balaban J connectivity index is 1.96. The van der Waals surface area contributed by atoms with Crippen LogP contribution < -0.4 is 4.74 Å². The number of H-pyrrole nitrogens is 1. The summed E-state index contributed by atoms with van der Waals surface area (Å²) in [6.45, 7) is 0. The van der Waals surface area contributed by atoms with Crippen molar-refractivity contribution in [3.8, 4) is 17.3 Å². The number of aromatic nitrogens is 4. The molecule has 3 heterocycles. The molecule has 3 aromatic heterocycles. The second-order valence-corrected chi connectivity index (χ2v) is 4.69. The smallest absolute Gasteiger partial charge is 0.215 e. The van der Waals surface area contributed by atoms with Crippen LogP contribution in [-0.4, -0.2) is 27.0 Å². The van der Waals surface area contributed by atoms with Gasteiger partial charge in [-0.1, -0.05) is 18.2 Å². The molecule has 0 saturated carbocycles. The molecule has 0 unspecified atom stereocenters. The Labute approximate surface area is 120 Å². The highest BCUT2D eigenvalue weighted by molar-refractivity contribution is 5.93. The molecule has 102 valence electrons. The number of pyridine rings is 2. The number of hydrogen-bond acceptors (Lipinski definition) is 4. The van der Waals surface area contributed by atoms with Crippen LogP contribution in [0.3, 0.4) is 0 Å². The number of rotatable bonds is 2. The molecule has 0 fully saturated rings. The number of aromatic amines is 1. The highest BCUT2D eigenvalue weighted by atomic mass is 16.5. The molecular formula is C16H12N4O. The highest BCUT2D eigenvalue weighted by Gasteiger charge is 2.10. The van der Waals surface area contributed by atoms with Crippen LogP contribution in [-0.2, 0) is 0 Å². The number of benzene rings is 1. The second-order valence-electron chi connectivity index (χ2n) is 4.69. The van der Waals surface area contributed by atoms with Gasteiger partial charge in [-0.05, 0) is 18.2 Å². The predicted molar refractivity (Wildman–Crippen MR) is 81.2 cm³/mol. The molecule has 21 heavy (non-hydrogen) atoms. The van der Waals surface area contributed by atoms with Gasteiger partial charge < -0.3 is 9.72 Å². The number of nitrogens with zero attached hydrogens (tertiary/aromatic N) is 3. The van der Waals surface area contributed by atoms with E-state index >= 15 is 0 Å². The minimum absolute atomic E-state index is 0.556. The summed E-state index contributed by atoms with van der Waals surface area (Å²) in [5.41, 5.74) is 3.48. The monoisotopic (exact) mass is 276 g/mol. The van der Waals surface area contributed by atoms with Crippen LogP contribution in [0.15, 0.2) is 48.7 Å². The number of imidazole rings is 1. The Morgan fingerprint density at radius 1 is 1.00 bits per heavy atom. The number of methoxy groups -OCH3 is 1. The molecule has 0 bridgehead atoms. The largest absolute Gasteiger partial charge is 0.481 e. The summed E-state index contributed by atoms with van der Waals surface area (Å²) in [7, 11) is 1.60. The van der Waals surface area contributed by atoms with E-state index in [4.69, 9.17) is 4.74 Å². The SMILES string of the molecule is COc1ccc2[nH]c(-c3ccnc4ccccc34)nc2n1. The zero-order chi connectivity index (χ0) is 14.2. The Kier molecular flexibility index (Phi) is 2.57. The van der Waals surface area contributed by atoms with Gasteiger partial charge in [0, 0.05) is 23.2 Å². The van der Waals surface area contributed by atoms with Gasteiger partial charge in [-0.3, -0.25) is 4.98 Å². The van der Waals surface area contributed by atoms with Crippen molar-refractivity contribution in [3.05, 3.63) is 48.7 Å². The van der Waals surface area contributed by atoms with E-state index in [0.29, 0.717) is 11.5 Å². The van der Waals surface area contributed by atoms with E-state index < -0.39 is 0 Å². The Hall–Kier alpha value is -2.95. The fourth-order valence-electron chi connectivity index (χ4n) is 2.42. The fourth-order valence-corrected chi connectivity index (χ4v) is 2.42. The first kappa shape index (κ1) is 11.8. The third-order valence-corrected chi connectivity index (χ3v) is 3.43. The molecular weight excluding hydrogens is 264 g/mol. The lowest BCUT2D eigenvalue weighted by molar-refractivity contribution is 0.399. The number of para-hydroxylation sites is 1. The van der Waals surface area contributed by atoms with Gasteiger partial charge in [0.05, 0.1) is 18.1 Å². The first-order valence-electron chi connectivity index (χ1n) is 6.60. The molecule has 1 aromatic carbocycles. The first-order valence-corrected chi connectivity index (χ1v) is 6.60. The van der Waals surface area contributed by atoms with E-state index in [1.807, 2.05) is 42.5 Å². The number of nitrogens with one attached hydrogen (secondary N) is 1. The molecule has 0 aliphatic carbocycles.